The third-order valence-electron chi connectivity index (χ3n) is 4.79. The Labute approximate surface area is 164 Å². The van der Waals surface area contributed by atoms with Gasteiger partial charge < -0.3 is 14.2 Å². The van der Waals surface area contributed by atoms with Gasteiger partial charge in [0.1, 0.15) is 23.1 Å². The molecule has 1 heterocycles. The highest BCUT2D eigenvalue weighted by Gasteiger charge is 2.18. The molecule has 4 nitrogen and oxygen atoms in total. The minimum Gasteiger partial charge on any atom is -0.497 e. The van der Waals surface area contributed by atoms with Crippen molar-refractivity contribution >= 4 is 0 Å². The van der Waals surface area contributed by atoms with Crippen LogP contribution < -0.4 is 14.2 Å². The number of aryl methyl sites for hydroxylation is 2. The van der Waals surface area contributed by atoms with E-state index in [2.05, 4.69) is 13.0 Å². The van der Waals surface area contributed by atoms with Crippen molar-refractivity contribution in [2.24, 2.45) is 0 Å². The van der Waals surface area contributed by atoms with Gasteiger partial charge in [-0.3, -0.25) is 4.98 Å². The smallest absolute Gasteiger partial charge is 0.131 e. The summed E-state index contributed by atoms with van der Waals surface area (Å²) in [7, 11) is 4.83. The van der Waals surface area contributed by atoms with E-state index in [1.807, 2.05) is 25.1 Å². The van der Waals surface area contributed by atoms with Gasteiger partial charge in [0.15, 0.2) is 0 Å². The molecule has 0 fully saturated rings. The summed E-state index contributed by atoms with van der Waals surface area (Å²) < 4.78 is 30.2. The van der Waals surface area contributed by atoms with Gasteiger partial charge in [0.25, 0.3) is 0 Å². The van der Waals surface area contributed by atoms with Crippen molar-refractivity contribution in [3.05, 3.63) is 59.5 Å². The maximum Gasteiger partial charge on any atom is 0.131 e. The highest BCUT2D eigenvalue weighted by Crippen LogP contribution is 2.38. The summed E-state index contributed by atoms with van der Waals surface area (Å²) >= 11 is 0. The second-order valence-electron chi connectivity index (χ2n) is 6.39. The van der Waals surface area contributed by atoms with Crippen molar-refractivity contribution in [3.63, 3.8) is 0 Å². The molecule has 0 unspecified atom stereocenters. The zero-order chi connectivity index (χ0) is 20.3. The summed E-state index contributed by atoms with van der Waals surface area (Å²) in [5, 5.41) is 0. The number of pyridine rings is 1. The van der Waals surface area contributed by atoms with E-state index in [1.54, 1.807) is 27.4 Å². The Morgan fingerprint density at radius 3 is 2.21 bits per heavy atom. The van der Waals surface area contributed by atoms with Gasteiger partial charge in [0.05, 0.1) is 27.0 Å². The van der Waals surface area contributed by atoms with Crippen LogP contribution in [0.25, 0.3) is 22.4 Å². The molecule has 0 radical (unpaired) electrons. The summed E-state index contributed by atoms with van der Waals surface area (Å²) in [6.07, 6.45) is 0.766. The maximum absolute atomic E-state index is 13.9. The molecule has 0 bridgehead atoms. The SMILES string of the molecule is CCc1cc(-c2cc(F)ccc2OC)c(C)nc1-c1ccc(OC)cc1OC. The molecule has 1 aromatic heterocycles. The molecule has 0 aliphatic rings. The molecule has 0 atom stereocenters. The van der Waals surface area contributed by atoms with Crippen LogP contribution in [0.5, 0.6) is 17.2 Å². The minimum absolute atomic E-state index is 0.311. The van der Waals surface area contributed by atoms with Crippen LogP contribution in [-0.2, 0) is 6.42 Å². The van der Waals surface area contributed by atoms with Gasteiger partial charge >= 0.3 is 0 Å². The fourth-order valence-electron chi connectivity index (χ4n) is 3.31. The van der Waals surface area contributed by atoms with Gasteiger partial charge in [-0.2, -0.15) is 0 Å². The number of hydrogen-bond acceptors (Lipinski definition) is 4. The van der Waals surface area contributed by atoms with Crippen LogP contribution in [0.4, 0.5) is 4.39 Å². The number of nitrogens with zero attached hydrogens (tertiary/aromatic N) is 1. The molecule has 2 aromatic carbocycles. The van der Waals surface area contributed by atoms with Gasteiger partial charge in [-0.15, -0.1) is 0 Å². The Morgan fingerprint density at radius 2 is 1.57 bits per heavy atom. The van der Waals surface area contributed by atoms with Crippen LogP contribution in [0.1, 0.15) is 18.2 Å². The Balaban J connectivity index is 2.21. The first-order valence-corrected chi connectivity index (χ1v) is 9.09. The first-order chi connectivity index (χ1) is 13.5. The van der Waals surface area contributed by atoms with E-state index in [1.165, 1.54) is 12.1 Å². The van der Waals surface area contributed by atoms with Crippen molar-refractivity contribution in [2.45, 2.75) is 20.3 Å². The lowest BCUT2D eigenvalue weighted by Crippen LogP contribution is -2.01. The molecular formula is C23H24FNO3. The van der Waals surface area contributed by atoms with Crippen molar-refractivity contribution in [1.82, 2.24) is 4.98 Å². The number of ether oxygens (including phenoxy) is 3. The molecule has 0 aliphatic carbocycles. The van der Waals surface area contributed by atoms with Crippen LogP contribution in [0.15, 0.2) is 42.5 Å². The molecule has 0 saturated heterocycles. The average Bonchev–Trinajstić information content (AvgIpc) is 2.73. The summed E-state index contributed by atoms with van der Waals surface area (Å²) in [6.45, 7) is 3.98. The number of rotatable bonds is 6. The molecule has 0 amide bonds. The van der Waals surface area contributed by atoms with Gasteiger partial charge in [-0.1, -0.05) is 6.92 Å². The minimum atomic E-state index is -0.311. The van der Waals surface area contributed by atoms with Crippen LogP contribution in [-0.4, -0.2) is 26.3 Å². The van der Waals surface area contributed by atoms with E-state index in [4.69, 9.17) is 19.2 Å². The Bertz CT molecular complexity index is 1000. The van der Waals surface area contributed by atoms with Crippen LogP contribution in [0, 0.1) is 12.7 Å². The van der Waals surface area contributed by atoms with Crippen molar-refractivity contribution < 1.29 is 18.6 Å². The van der Waals surface area contributed by atoms with E-state index in [0.717, 1.165) is 40.2 Å². The van der Waals surface area contributed by atoms with Crippen molar-refractivity contribution in [3.8, 4) is 39.6 Å². The maximum atomic E-state index is 13.9. The van der Waals surface area contributed by atoms with Gasteiger partial charge in [0.2, 0.25) is 0 Å². The first-order valence-electron chi connectivity index (χ1n) is 9.09. The number of methoxy groups -OCH3 is 3. The van der Waals surface area contributed by atoms with Crippen molar-refractivity contribution in [1.29, 1.82) is 0 Å². The first kappa shape index (κ1) is 19.7. The second-order valence-corrected chi connectivity index (χ2v) is 6.39. The highest BCUT2D eigenvalue weighted by atomic mass is 19.1. The summed E-state index contributed by atoms with van der Waals surface area (Å²) in [6, 6.07) is 12.2. The van der Waals surface area contributed by atoms with Crippen LogP contribution >= 0.6 is 0 Å². The lowest BCUT2D eigenvalue weighted by atomic mass is 9.96. The molecule has 3 rings (SSSR count). The van der Waals surface area contributed by atoms with Crippen molar-refractivity contribution in [2.75, 3.05) is 21.3 Å². The lowest BCUT2D eigenvalue weighted by Gasteiger charge is -2.17. The third-order valence-corrected chi connectivity index (χ3v) is 4.79. The highest BCUT2D eigenvalue weighted by molar-refractivity contribution is 5.78. The average molecular weight is 381 g/mol. The fraction of sp³-hybridized carbons (Fsp3) is 0.261. The molecular weight excluding hydrogens is 357 g/mol. The number of hydrogen-bond donors (Lipinski definition) is 0. The van der Waals surface area contributed by atoms with Gasteiger partial charge in [-0.25, -0.2) is 4.39 Å². The molecule has 3 aromatic rings. The van der Waals surface area contributed by atoms with E-state index < -0.39 is 0 Å². The molecule has 146 valence electrons. The summed E-state index contributed by atoms with van der Waals surface area (Å²) in [5.41, 5.74) is 5.10. The normalized spacial score (nSPS) is 10.6. The Kier molecular flexibility index (Phi) is 5.83. The zero-order valence-electron chi connectivity index (χ0n) is 16.8. The topological polar surface area (TPSA) is 40.6 Å². The predicted octanol–water partition coefficient (Wildman–Crippen LogP) is 5.45. The van der Waals surface area contributed by atoms with Gasteiger partial charge in [-0.05, 0) is 55.3 Å². The standard InChI is InChI=1S/C23H24FNO3/c1-6-15-11-19(20-12-16(24)7-10-21(20)27-4)14(2)25-23(15)18-9-8-17(26-3)13-22(18)28-5/h7-13H,6H2,1-5H3. The van der Waals surface area contributed by atoms with E-state index in [-0.39, 0.29) is 5.82 Å². The number of halogens is 1. The number of aromatic nitrogens is 1. The largest absolute Gasteiger partial charge is 0.497 e. The quantitative estimate of drug-likeness (QED) is 0.569. The van der Waals surface area contributed by atoms with E-state index in [0.29, 0.717) is 17.1 Å². The molecule has 28 heavy (non-hydrogen) atoms. The molecule has 0 spiro atoms. The second kappa shape index (κ2) is 8.30. The Hall–Kier alpha value is -3.08. The van der Waals surface area contributed by atoms with Crippen LogP contribution in [0.3, 0.4) is 0 Å². The fourth-order valence-corrected chi connectivity index (χ4v) is 3.31. The Morgan fingerprint density at radius 1 is 0.821 bits per heavy atom. The van der Waals surface area contributed by atoms with E-state index >= 15 is 0 Å². The summed E-state index contributed by atoms with van der Waals surface area (Å²) in [4.78, 5) is 4.86. The molecule has 5 heteroatoms. The molecule has 0 saturated carbocycles. The lowest BCUT2D eigenvalue weighted by molar-refractivity contribution is 0.395. The summed E-state index contributed by atoms with van der Waals surface area (Å²) in [5.74, 6) is 1.71. The molecule has 0 N–H and O–H groups in total. The van der Waals surface area contributed by atoms with Crippen LogP contribution in [0.2, 0.25) is 0 Å². The predicted molar refractivity (Wildman–Crippen MR) is 109 cm³/mol. The molecule has 0 aliphatic heterocycles. The number of benzene rings is 2. The van der Waals surface area contributed by atoms with E-state index in [9.17, 15) is 4.39 Å². The van der Waals surface area contributed by atoms with Gasteiger partial charge in [0, 0.05) is 28.5 Å². The zero-order valence-corrected chi connectivity index (χ0v) is 16.8. The monoisotopic (exact) mass is 381 g/mol. The third kappa shape index (κ3) is 3.65.